The Bertz CT molecular complexity index is 167. The molecule has 0 aliphatic carbocycles. The second-order valence-electron chi connectivity index (χ2n) is 4.27. The van der Waals surface area contributed by atoms with Gasteiger partial charge in [0.05, 0.1) is 0 Å². The van der Waals surface area contributed by atoms with Gasteiger partial charge in [-0.15, -0.1) is 13.2 Å². The van der Waals surface area contributed by atoms with Crippen LogP contribution in [-0.2, 0) is 0 Å². The Morgan fingerprint density at radius 2 is 1.58 bits per heavy atom. The summed E-state index contributed by atoms with van der Waals surface area (Å²) in [7, 11) is 0.972. The van der Waals surface area contributed by atoms with E-state index in [2.05, 4.69) is 55.5 Å². The average molecular weight is 216 g/mol. The van der Waals surface area contributed by atoms with E-state index in [9.17, 15) is 0 Å². The van der Waals surface area contributed by atoms with Crippen molar-refractivity contribution >= 4 is 25.7 Å². The van der Waals surface area contributed by atoms with Crippen LogP contribution in [0.1, 0.15) is 0 Å². The molecule has 0 fully saturated rings. The zero-order valence-electron chi connectivity index (χ0n) is 9.02. The van der Waals surface area contributed by atoms with Crippen molar-refractivity contribution in [3.8, 4) is 0 Å². The third-order valence-corrected chi connectivity index (χ3v) is 16.2. The molecule has 0 saturated carbocycles. The lowest BCUT2D eigenvalue weighted by molar-refractivity contribution is 0.788. The van der Waals surface area contributed by atoms with Crippen molar-refractivity contribution in [2.45, 2.75) is 19.6 Å². The zero-order valence-corrected chi connectivity index (χ0v) is 13.0. The molecule has 0 rings (SSSR count). The van der Waals surface area contributed by atoms with Crippen molar-refractivity contribution in [2.24, 2.45) is 0 Å². The fraction of sp³-hybridized carbons (Fsp3) is 0.500. The van der Waals surface area contributed by atoms with Gasteiger partial charge in [0.2, 0.25) is 0 Å². The molecule has 0 spiro atoms. The molecule has 0 N–H and O–H groups in total. The van der Waals surface area contributed by atoms with Crippen LogP contribution in [0, 0.1) is 0 Å². The van der Waals surface area contributed by atoms with Crippen LogP contribution >= 0.6 is 0 Å². The maximum absolute atomic E-state index is 3.94. The summed E-state index contributed by atoms with van der Waals surface area (Å²) in [6.45, 7) is 14.9. The molecule has 0 aliphatic rings. The van der Waals surface area contributed by atoms with Crippen LogP contribution in [0.15, 0.2) is 24.6 Å². The molecule has 0 amide bonds. The lowest BCUT2D eigenvalue weighted by Gasteiger charge is -2.41. The molecule has 0 aromatic rings. The summed E-state index contributed by atoms with van der Waals surface area (Å²) in [6.07, 6.45) is 0. The largest absolute Gasteiger partial charge is 0.345 e. The molecule has 12 heavy (non-hydrogen) atoms. The fourth-order valence-electron chi connectivity index (χ4n) is 1.02. The van der Waals surface area contributed by atoms with Gasteiger partial charge in [-0.2, -0.15) is 0 Å². The lowest BCUT2D eigenvalue weighted by atomic mass is 11.3. The molecule has 0 radical (unpaired) electrons. The van der Waals surface area contributed by atoms with E-state index >= 15 is 0 Å². The monoisotopic (exact) mass is 215 g/mol. The Kier molecular flexibility index (Phi) is 3.90. The van der Waals surface area contributed by atoms with Gasteiger partial charge < -0.3 is 4.23 Å². The minimum absolute atomic E-state index is 1.21. The number of hydrogen-bond donors (Lipinski definition) is 0. The molecule has 0 aromatic carbocycles. The maximum Gasteiger partial charge on any atom is 0.139 e. The quantitative estimate of drug-likeness (QED) is 0.633. The van der Waals surface area contributed by atoms with Gasteiger partial charge in [-0.3, -0.25) is 0 Å². The molecule has 0 bridgehead atoms. The Balaban J connectivity index is 4.69. The van der Waals surface area contributed by atoms with E-state index in [4.69, 9.17) is 0 Å². The van der Waals surface area contributed by atoms with E-state index in [0.717, 1.165) is 0 Å². The standard InChI is InChI=1S/C8H21NSi3/c1-7-11(4,5)9(3)12(6,10)8-2/h7-8H,1-2H2,3-6,10H3. The van der Waals surface area contributed by atoms with Gasteiger partial charge in [0.15, 0.2) is 0 Å². The minimum Gasteiger partial charge on any atom is -0.345 e. The van der Waals surface area contributed by atoms with E-state index in [1.54, 1.807) is 0 Å². The van der Waals surface area contributed by atoms with E-state index in [-0.39, 0.29) is 0 Å². The van der Waals surface area contributed by atoms with Gasteiger partial charge >= 0.3 is 0 Å². The maximum atomic E-state index is 3.94. The Hall–Kier alpha value is 0.0906. The molecular formula is C8H21NSi3. The summed E-state index contributed by atoms with van der Waals surface area (Å²) in [4.78, 5) is 0. The van der Waals surface area contributed by atoms with Crippen molar-refractivity contribution < 1.29 is 0 Å². The van der Waals surface area contributed by atoms with Gasteiger partial charge in [-0.1, -0.05) is 31.0 Å². The van der Waals surface area contributed by atoms with E-state index in [0.29, 0.717) is 0 Å². The molecule has 70 valence electrons. The Labute approximate surface area is 81.6 Å². The average Bonchev–Trinajstić information content (AvgIpc) is 2.03. The molecule has 1 nitrogen and oxygen atoms in total. The second-order valence-corrected chi connectivity index (χ2v) is 19.6. The van der Waals surface area contributed by atoms with Crippen LogP contribution in [0.2, 0.25) is 19.6 Å². The molecule has 4 heteroatoms. The summed E-state index contributed by atoms with van der Waals surface area (Å²) in [6, 6.07) is 0. The normalized spacial score (nSPS) is 17.4. The Morgan fingerprint density at radius 1 is 1.17 bits per heavy atom. The van der Waals surface area contributed by atoms with E-state index in [1.165, 1.54) is 9.76 Å². The van der Waals surface area contributed by atoms with Crippen LogP contribution in [0.4, 0.5) is 0 Å². The van der Waals surface area contributed by atoms with E-state index < -0.39 is 16.0 Å². The highest BCUT2D eigenvalue weighted by atomic mass is 29.2. The smallest absolute Gasteiger partial charge is 0.139 e. The predicted octanol–water partition coefficient (Wildman–Crippen LogP) is 1.01. The highest BCUT2D eigenvalue weighted by molar-refractivity contribution is 7.21. The van der Waals surface area contributed by atoms with Crippen LogP contribution in [0.25, 0.3) is 0 Å². The van der Waals surface area contributed by atoms with Crippen molar-refractivity contribution in [1.82, 2.24) is 4.23 Å². The number of hydrogen-bond acceptors (Lipinski definition) is 1. The summed E-state index contributed by atoms with van der Waals surface area (Å²) in [5.41, 5.74) is 4.34. The van der Waals surface area contributed by atoms with Gasteiger partial charge in [0, 0.05) is 9.76 Å². The molecular weight excluding hydrogens is 194 g/mol. The third kappa shape index (κ3) is 2.55. The van der Waals surface area contributed by atoms with Crippen LogP contribution in [-0.4, -0.2) is 37.0 Å². The Morgan fingerprint density at radius 3 is 1.83 bits per heavy atom. The predicted molar refractivity (Wildman–Crippen MR) is 67.2 cm³/mol. The van der Waals surface area contributed by atoms with Crippen molar-refractivity contribution in [3.63, 3.8) is 0 Å². The molecule has 0 aliphatic heterocycles. The first kappa shape index (κ1) is 12.1. The highest BCUT2D eigenvalue weighted by Crippen LogP contribution is 2.16. The number of nitrogens with zero attached hydrogens (tertiary/aromatic N) is 1. The fourth-order valence-corrected chi connectivity index (χ4v) is 13.2. The molecule has 0 aromatic heterocycles. The first-order chi connectivity index (χ1) is 5.28. The van der Waals surface area contributed by atoms with E-state index in [1.807, 2.05) is 0 Å². The molecule has 0 heterocycles. The van der Waals surface area contributed by atoms with Crippen LogP contribution in [0.5, 0.6) is 0 Å². The third-order valence-electron chi connectivity index (χ3n) is 2.73. The summed E-state index contributed by atoms with van der Waals surface area (Å²) >= 11 is 0. The topological polar surface area (TPSA) is 3.24 Å². The summed E-state index contributed by atoms with van der Waals surface area (Å²) in [5, 5.41) is 0. The molecule has 0 saturated heterocycles. The molecule has 1 atom stereocenters. The van der Waals surface area contributed by atoms with Gasteiger partial charge in [-0.05, 0) is 7.05 Å². The number of rotatable bonds is 4. The van der Waals surface area contributed by atoms with Gasteiger partial charge in [0.1, 0.15) is 16.0 Å². The zero-order chi connectivity index (χ0) is 9.99. The summed E-state index contributed by atoms with van der Waals surface area (Å²) < 4.78 is 2.59. The summed E-state index contributed by atoms with van der Waals surface area (Å²) in [5.74, 6) is 0. The van der Waals surface area contributed by atoms with Gasteiger partial charge in [0.25, 0.3) is 0 Å². The highest BCUT2D eigenvalue weighted by Gasteiger charge is 2.33. The first-order valence-electron chi connectivity index (χ1n) is 4.29. The minimum atomic E-state index is -1.31. The lowest BCUT2D eigenvalue weighted by Crippen LogP contribution is -2.60. The molecule has 1 unspecified atom stereocenters. The van der Waals surface area contributed by atoms with Crippen molar-refractivity contribution in [1.29, 1.82) is 0 Å². The van der Waals surface area contributed by atoms with Crippen molar-refractivity contribution in [3.05, 3.63) is 24.6 Å². The van der Waals surface area contributed by atoms with Crippen LogP contribution < -0.4 is 0 Å². The SMILES string of the molecule is C=C[Si](C)(C)N(C)[Si](C)([SiH3])C=C. The second kappa shape index (κ2) is 3.87. The first-order valence-corrected chi connectivity index (χ1v) is 13.3. The van der Waals surface area contributed by atoms with Gasteiger partial charge in [-0.25, -0.2) is 0 Å². The van der Waals surface area contributed by atoms with Crippen molar-refractivity contribution in [2.75, 3.05) is 7.05 Å². The van der Waals surface area contributed by atoms with Crippen LogP contribution in [0.3, 0.4) is 0 Å².